The predicted octanol–water partition coefficient (Wildman–Crippen LogP) is 18.9. The third-order valence-corrected chi connectivity index (χ3v) is 17.1. The molecule has 2 heteroatoms. The van der Waals surface area contributed by atoms with Gasteiger partial charge in [-0.1, -0.05) is 208 Å². The van der Waals surface area contributed by atoms with Crippen molar-refractivity contribution in [2.45, 2.75) is 24.7 Å². The Morgan fingerprint density at radius 2 is 0.905 bits per heavy atom. The van der Waals surface area contributed by atoms with Gasteiger partial charge < -0.3 is 9.47 Å². The minimum atomic E-state index is -0.608. The molecule has 16 rings (SSSR count). The third kappa shape index (κ3) is 5.55. The molecule has 2 nitrogen and oxygen atoms in total. The summed E-state index contributed by atoms with van der Waals surface area (Å²) in [7, 11) is 0. The second-order valence-corrected chi connectivity index (χ2v) is 21.2. The van der Waals surface area contributed by atoms with Crippen molar-refractivity contribution in [1.82, 2.24) is 4.57 Å². The van der Waals surface area contributed by atoms with Gasteiger partial charge in [0.2, 0.25) is 0 Å². The number of anilines is 3. The van der Waals surface area contributed by atoms with Gasteiger partial charge in [0.15, 0.2) is 0 Å². The second kappa shape index (κ2) is 15.1. The highest BCUT2D eigenvalue weighted by atomic mass is 15.1. The fourth-order valence-corrected chi connectivity index (χ4v) is 13.8. The van der Waals surface area contributed by atoms with Gasteiger partial charge in [0.05, 0.1) is 22.1 Å². The van der Waals surface area contributed by atoms with Crippen molar-refractivity contribution in [1.29, 1.82) is 0 Å². The molecule has 2 heterocycles. The molecule has 1 aliphatic heterocycles. The van der Waals surface area contributed by atoms with E-state index in [-0.39, 0.29) is 5.41 Å². The van der Waals surface area contributed by atoms with Crippen LogP contribution in [0.1, 0.15) is 47.2 Å². The summed E-state index contributed by atoms with van der Waals surface area (Å²) in [6.45, 7) is 4.72. The normalized spacial score (nSPS) is 14.0. The maximum Gasteiger partial charge on any atom is 0.0715 e. The van der Waals surface area contributed by atoms with Crippen LogP contribution in [0.5, 0.6) is 0 Å². The summed E-state index contributed by atoms with van der Waals surface area (Å²) in [5.74, 6) is 0. The van der Waals surface area contributed by atoms with Gasteiger partial charge in [0.1, 0.15) is 0 Å². The lowest BCUT2D eigenvalue weighted by Crippen LogP contribution is -2.28. The molecule has 3 aliphatic rings. The largest absolute Gasteiger partial charge is 0.310 e. The van der Waals surface area contributed by atoms with Crippen LogP contribution in [0.3, 0.4) is 0 Å². The summed E-state index contributed by atoms with van der Waals surface area (Å²) < 4.78 is 2.60. The molecule has 346 valence electrons. The molecule has 0 amide bonds. The lowest BCUT2D eigenvalue weighted by Gasteiger charge is -2.34. The Bertz CT molecular complexity index is 4450. The Hall–Kier alpha value is -9.24. The maximum atomic E-state index is 2.60. The standard InChI is InChI=1S/C72H48N2/c1-71(2)62-27-12-10-24-56(62)60-43-54(34-37-63(60)71)73(53-23-14-22-50(42-53)45-16-4-3-5-17-45)55-35-39-67-61(44-55)59-36-38-65-69-68-58(57-25-11-13-29-66(57)74(67)70(59)69)26-15-28-64(68)72(65,51-32-30-46-18-6-8-20-48(46)40-51)52-33-31-47-19-7-9-21-49(47)41-52/h3-44H,1-2H3. The fraction of sp³-hybridized carbons (Fsp3) is 0.0556. The predicted molar refractivity (Wildman–Crippen MR) is 310 cm³/mol. The van der Waals surface area contributed by atoms with E-state index < -0.39 is 5.41 Å². The van der Waals surface area contributed by atoms with E-state index in [1.54, 1.807) is 0 Å². The molecule has 0 bridgehead atoms. The van der Waals surface area contributed by atoms with Gasteiger partial charge in [-0.15, -0.1) is 0 Å². The van der Waals surface area contributed by atoms with Gasteiger partial charge in [-0.05, 0) is 149 Å². The molecule has 13 aromatic rings. The summed E-state index contributed by atoms with van der Waals surface area (Å²) in [5.41, 5.74) is 24.4. The van der Waals surface area contributed by atoms with Crippen molar-refractivity contribution in [2.75, 3.05) is 4.90 Å². The van der Waals surface area contributed by atoms with Crippen molar-refractivity contribution in [2.24, 2.45) is 0 Å². The SMILES string of the molecule is CC1(C)c2ccccc2-c2cc(N(c3cccc(-c4ccccc4)c3)c3ccc4c(c3)c3ccc5c6c3n4-c3ccccc3-c3cccc(c3-6)C5(c3ccc4ccccc4c3)c3ccc4ccccc4c3)ccc21. The monoisotopic (exact) mass is 940 g/mol. The van der Waals surface area contributed by atoms with Gasteiger partial charge in [0, 0.05) is 44.4 Å². The van der Waals surface area contributed by atoms with Gasteiger partial charge >= 0.3 is 0 Å². The van der Waals surface area contributed by atoms with Gasteiger partial charge in [-0.25, -0.2) is 0 Å². The molecular weight excluding hydrogens is 893 g/mol. The van der Waals surface area contributed by atoms with Crippen LogP contribution in [-0.4, -0.2) is 4.57 Å². The Morgan fingerprint density at radius 1 is 0.338 bits per heavy atom. The molecule has 0 saturated carbocycles. The highest BCUT2D eigenvalue weighted by Gasteiger charge is 2.49. The first-order chi connectivity index (χ1) is 36.4. The molecule has 0 unspecified atom stereocenters. The Balaban J connectivity index is 0.990. The second-order valence-electron chi connectivity index (χ2n) is 21.2. The van der Waals surface area contributed by atoms with Crippen molar-refractivity contribution < 1.29 is 0 Å². The molecule has 0 N–H and O–H groups in total. The number of aromatic nitrogens is 1. The Morgan fingerprint density at radius 3 is 1.69 bits per heavy atom. The van der Waals surface area contributed by atoms with E-state index in [1.165, 1.54) is 127 Å². The number of hydrogen-bond donors (Lipinski definition) is 0. The highest BCUT2D eigenvalue weighted by Crippen LogP contribution is 2.63. The smallest absolute Gasteiger partial charge is 0.0715 e. The average Bonchev–Trinajstić information content (AvgIpc) is 4.11. The van der Waals surface area contributed by atoms with E-state index in [0.29, 0.717) is 0 Å². The molecule has 1 aromatic heterocycles. The first-order valence-corrected chi connectivity index (χ1v) is 26.0. The molecular formula is C72H48N2. The average molecular weight is 941 g/mol. The lowest BCUT2D eigenvalue weighted by atomic mass is 9.67. The summed E-state index contributed by atoms with van der Waals surface area (Å²) >= 11 is 0. The topological polar surface area (TPSA) is 8.17 Å². The Kier molecular flexibility index (Phi) is 8.47. The van der Waals surface area contributed by atoms with Crippen LogP contribution < -0.4 is 4.90 Å². The first kappa shape index (κ1) is 41.4. The maximum absolute atomic E-state index is 2.60. The van der Waals surface area contributed by atoms with Crippen LogP contribution in [0.2, 0.25) is 0 Å². The number of hydrogen-bond acceptors (Lipinski definition) is 1. The molecule has 0 spiro atoms. The fourth-order valence-electron chi connectivity index (χ4n) is 13.8. The van der Waals surface area contributed by atoms with E-state index in [9.17, 15) is 0 Å². The Labute approximate surface area is 430 Å². The minimum absolute atomic E-state index is 0.0938. The van der Waals surface area contributed by atoms with Crippen LogP contribution in [0.25, 0.3) is 93.5 Å². The number of para-hydroxylation sites is 1. The molecule has 74 heavy (non-hydrogen) atoms. The van der Waals surface area contributed by atoms with E-state index in [0.717, 1.165) is 17.1 Å². The van der Waals surface area contributed by atoms with Crippen LogP contribution in [0.4, 0.5) is 17.1 Å². The number of rotatable bonds is 6. The molecule has 0 saturated heterocycles. The van der Waals surface area contributed by atoms with Crippen LogP contribution >= 0.6 is 0 Å². The molecule has 0 atom stereocenters. The van der Waals surface area contributed by atoms with Gasteiger partial charge in [-0.3, -0.25) is 0 Å². The zero-order valence-corrected chi connectivity index (χ0v) is 41.1. The van der Waals surface area contributed by atoms with Crippen molar-refractivity contribution in [3.63, 3.8) is 0 Å². The van der Waals surface area contributed by atoms with E-state index in [1.807, 2.05) is 0 Å². The number of nitrogens with zero attached hydrogens (tertiary/aromatic N) is 2. The quantitative estimate of drug-likeness (QED) is 0.161. The number of benzene rings is 12. The van der Waals surface area contributed by atoms with Crippen molar-refractivity contribution >= 4 is 60.4 Å². The van der Waals surface area contributed by atoms with Gasteiger partial charge in [0.25, 0.3) is 0 Å². The zero-order valence-electron chi connectivity index (χ0n) is 41.1. The molecule has 0 radical (unpaired) electrons. The summed E-state index contributed by atoms with van der Waals surface area (Å²) in [5, 5.41) is 7.44. The van der Waals surface area contributed by atoms with E-state index >= 15 is 0 Å². The van der Waals surface area contributed by atoms with Gasteiger partial charge in [-0.2, -0.15) is 0 Å². The zero-order chi connectivity index (χ0) is 48.9. The van der Waals surface area contributed by atoms with Crippen LogP contribution in [0.15, 0.2) is 255 Å². The number of fused-ring (bicyclic) bond motifs is 11. The lowest BCUT2D eigenvalue weighted by molar-refractivity contribution is 0.660. The van der Waals surface area contributed by atoms with E-state index in [2.05, 4.69) is 278 Å². The van der Waals surface area contributed by atoms with Crippen LogP contribution in [-0.2, 0) is 10.8 Å². The van der Waals surface area contributed by atoms with Crippen LogP contribution in [0, 0.1) is 0 Å². The molecule has 12 aromatic carbocycles. The van der Waals surface area contributed by atoms with E-state index in [4.69, 9.17) is 0 Å². The first-order valence-electron chi connectivity index (χ1n) is 26.0. The summed E-state index contributed by atoms with van der Waals surface area (Å²) in [4.78, 5) is 2.48. The van der Waals surface area contributed by atoms with Crippen molar-refractivity contribution in [3.8, 4) is 50.2 Å². The summed E-state index contributed by atoms with van der Waals surface area (Å²) in [6, 6.07) is 96.2. The third-order valence-electron chi connectivity index (χ3n) is 17.1. The summed E-state index contributed by atoms with van der Waals surface area (Å²) in [6.07, 6.45) is 0. The minimum Gasteiger partial charge on any atom is -0.310 e. The molecule has 2 aliphatic carbocycles. The van der Waals surface area contributed by atoms with Crippen molar-refractivity contribution in [3.05, 3.63) is 288 Å². The molecule has 0 fully saturated rings. The highest BCUT2D eigenvalue weighted by molar-refractivity contribution is 6.20.